The molecule has 5 heteroatoms. The van der Waals surface area contributed by atoms with E-state index >= 15 is 0 Å². The summed E-state index contributed by atoms with van der Waals surface area (Å²) in [7, 11) is 1.54. The fourth-order valence-electron chi connectivity index (χ4n) is 1.48. The van der Waals surface area contributed by atoms with Gasteiger partial charge < -0.3 is 5.73 Å². The first kappa shape index (κ1) is 10.2. The van der Waals surface area contributed by atoms with Crippen LogP contribution >= 0.6 is 0 Å². The van der Waals surface area contributed by atoms with E-state index in [1.807, 2.05) is 0 Å². The lowest BCUT2D eigenvalue weighted by atomic mass is 10.3. The van der Waals surface area contributed by atoms with Gasteiger partial charge in [0.25, 0.3) is 11.1 Å². The molecule has 2 rings (SSSR count). The third-order valence-corrected chi connectivity index (χ3v) is 2.33. The highest BCUT2D eigenvalue weighted by Gasteiger charge is 2.03. The number of nitrogens with zero attached hydrogens (tertiary/aromatic N) is 2. The van der Waals surface area contributed by atoms with Crippen LogP contribution in [0.1, 0.15) is 0 Å². The minimum absolute atomic E-state index is 0.239. The number of hydrogen-bond acceptors (Lipinski definition) is 3. The molecule has 0 radical (unpaired) electrons. The summed E-state index contributed by atoms with van der Waals surface area (Å²) in [5.74, 6) is 0. The number of hydrogen-bond donors (Lipinski definition) is 1. The number of nitrogen functional groups attached to an aromatic ring is 1. The summed E-state index contributed by atoms with van der Waals surface area (Å²) in [5, 5.41) is 0. The van der Waals surface area contributed by atoms with Gasteiger partial charge in [-0.2, -0.15) is 0 Å². The Bertz CT molecular complexity index is 623. The van der Waals surface area contributed by atoms with Crippen molar-refractivity contribution in [2.24, 2.45) is 7.05 Å². The molecule has 0 aliphatic rings. The predicted octanol–water partition coefficient (Wildman–Crippen LogP) is 0.118. The Morgan fingerprint density at radius 3 is 2.12 bits per heavy atom. The van der Waals surface area contributed by atoms with Gasteiger partial charge in [-0.3, -0.25) is 9.59 Å². The molecule has 0 aliphatic heterocycles. The lowest BCUT2D eigenvalue weighted by Gasteiger charge is -2.10. The minimum atomic E-state index is -0.258. The van der Waals surface area contributed by atoms with Crippen molar-refractivity contribution in [1.29, 1.82) is 0 Å². The lowest BCUT2D eigenvalue weighted by molar-refractivity contribution is 0.593. The van der Waals surface area contributed by atoms with Crippen molar-refractivity contribution in [2.75, 3.05) is 5.73 Å². The monoisotopic (exact) mass is 217 g/mol. The Morgan fingerprint density at radius 1 is 0.938 bits per heavy atom. The van der Waals surface area contributed by atoms with Gasteiger partial charge in [0, 0.05) is 24.9 Å². The summed E-state index contributed by atoms with van der Waals surface area (Å²) >= 11 is 0. The van der Waals surface area contributed by atoms with Crippen LogP contribution in [0.2, 0.25) is 0 Å². The van der Waals surface area contributed by atoms with E-state index in [2.05, 4.69) is 0 Å². The normalized spacial score (nSPS) is 10.3. The van der Waals surface area contributed by atoms with Gasteiger partial charge in [0.15, 0.2) is 0 Å². The van der Waals surface area contributed by atoms with Crippen LogP contribution in [0, 0.1) is 0 Å². The largest absolute Gasteiger partial charge is 0.399 e. The van der Waals surface area contributed by atoms with Crippen molar-refractivity contribution in [1.82, 2.24) is 9.36 Å². The molecule has 0 bridgehead atoms. The van der Waals surface area contributed by atoms with E-state index in [4.69, 9.17) is 5.73 Å². The van der Waals surface area contributed by atoms with Crippen molar-refractivity contribution in [3.63, 3.8) is 0 Å². The summed E-state index contributed by atoms with van der Waals surface area (Å²) in [6, 6.07) is 9.24. The zero-order chi connectivity index (χ0) is 11.7. The van der Waals surface area contributed by atoms with E-state index < -0.39 is 0 Å². The third kappa shape index (κ3) is 1.63. The molecule has 82 valence electrons. The van der Waals surface area contributed by atoms with Crippen LogP contribution in [0.15, 0.2) is 46.0 Å². The van der Waals surface area contributed by atoms with E-state index in [1.54, 1.807) is 31.3 Å². The lowest BCUT2D eigenvalue weighted by Crippen LogP contribution is -2.34. The maximum atomic E-state index is 11.6. The molecule has 1 heterocycles. The fourth-order valence-corrected chi connectivity index (χ4v) is 1.48. The van der Waals surface area contributed by atoms with E-state index in [9.17, 15) is 9.59 Å². The van der Waals surface area contributed by atoms with Crippen molar-refractivity contribution in [3.8, 4) is 5.69 Å². The first-order valence-electron chi connectivity index (χ1n) is 4.75. The molecule has 5 nitrogen and oxygen atoms in total. The van der Waals surface area contributed by atoms with Crippen molar-refractivity contribution >= 4 is 5.69 Å². The van der Waals surface area contributed by atoms with Gasteiger partial charge in [0.05, 0.1) is 5.69 Å². The van der Waals surface area contributed by atoms with Crippen LogP contribution in [0.5, 0.6) is 0 Å². The van der Waals surface area contributed by atoms with E-state index in [0.29, 0.717) is 11.4 Å². The second kappa shape index (κ2) is 3.69. The van der Waals surface area contributed by atoms with Crippen LogP contribution < -0.4 is 16.9 Å². The molecule has 2 N–H and O–H groups in total. The van der Waals surface area contributed by atoms with Gasteiger partial charge in [-0.05, 0) is 24.3 Å². The summed E-state index contributed by atoms with van der Waals surface area (Å²) < 4.78 is 2.55. The number of benzene rings is 1. The highest BCUT2D eigenvalue weighted by atomic mass is 16.2. The van der Waals surface area contributed by atoms with Crippen molar-refractivity contribution in [3.05, 3.63) is 57.1 Å². The van der Waals surface area contributed by atoms with Crippen LogP contribution in [0.3, 0.4) is 0 Å². The minimum Gasteiger partial charge on any atom is -0.399 e. The first-order chi connectivity index (χ1) is 7.59. The average Bonchev–Trinajstić information content (AvgIpc) is 2.27. The van der Waals surface area contributed by atoms with Crippen LogP contribution in [-0.2, 0) is 7.05 Å². The molecular formula is C11H11N3O2. The maximum absolute atomic E-state index is 11.6. The van der Waals surface area contributed by atoms with E-state index in [-0.39, 0.29) is 11.1 Å². The number of nitrogens with two attached hydrogens (primary N) is 1. The second-order valence-electron chi connectivity index (χ2n) is 3.44. The quantitative estimate of drug-likeness (QED) is 0.690. The van der Waals surface area contributed by atoms with Crippen molar-refractivity contribution in [2.45, 2.75) is 0 Å². The Morgan fingerprint density at radius 2 is 1.50 bits per heavy atom. The number of aromatic nitrogens is 2. The number of rotatable bonds is 1. The molecule has 0 saturated heterocycles. The highest BCUT2D eigenvalue weighted by Crippen LogP contribution is 2.07. The fraction of sp³-hybridized carbons (Fsp3) is 0.0909. The molecule has 2 aromatic rings. The van der Waals surface area contributed by atoms with Gasteiger partial charge in [0.1, 0.15) is 0 Å². The highest BCUT2D eigenvalue weighted by molar-refractivity contribution is 5.44. The SMILES string of the molecule is Cn1c(=O)ccc(=O)n1-c1ccc(N)cc1. The summed E-state index contributed by atoms with van der Waals surface area (Å²) in [5.41, 5.74) is 6.28. The molecule has 0 spiro atoms. The molecule has 0 amide bonds. The second-order valence-corrected chi connectivity index (χ2v) is 3.44. The Kier molecular flexibility index (Phi) is 2.36. The maximum Gasteiger partial charge on any atom is 0.270 e. The molecule has 0 saturated carbocycles. The molecule has 0 aliphatic carbocycles. The van der Waals surface area contributed by atoms with Crippen LogP contribution in [0.25, 0.3) is 5.69 Å². The van der Waals surface area contributed by atoms with Crippen molar-refractivity contribution < 1.29 is 0 Å². The Labute approximate surface area is 91.3 Å². The summed E-state index contributed by atoms with van der Waals surface area (Å²) in [6.07, 6.45) is 0. The van der Waals surface area contributed by atoms with Crippen LogP contribution in [-0.4, -0.2) is 9.36 Å². The Balaban J connectivity index is 2.73. The topological polar surface area (TPSA) is 70.0 Å². The summed E-state index contributed by atoms with van der Waals surface area (Å²) in [6.45, 7) is 0. The summed E-state index contributed by atoms with van der Waals surface area (Å²) in [4.78, 5) is 23.1. The predicted molar refractivity (Wildman–Crippen MR) is 61.7 cm³/mol. The van der Waals surface area contributed by atoms with Gasteiger partial charge in [-0.15, -0.1) is 0 Å². The standard InChI is InChI=1S/C11H11N3O2/c1-13-10(15)6-7-11(16)14(13)9-4-2-8(12)3-5-9/h2-7H,12H2,1H3. The molecule has 1 aromatic heterocycles. The van der Waals surface area contributed by atoms with Gasteiger partial charge >= 0.3 is 0 Å². The molecule has 1 aromatic carbocycles. The Hall–Kier alpha value is -2.30. The van der Waals surface area contributed by atoms with Gasteiger partial charge in [-0.1, -0.05) is 0 Å². The van der Waals surface area contributed by atoms with Crippen LogP contribution in [0.4, 0.5) is 5.69 Å². The van der Waals surface area contributed by atoms with Gasteiger partial charge in [-0.25, -0.2) is 9.36 Å². The molecule has 0 unspecified atom stereocenters. The van der Waals surface area contributed by atoms with E-state index in [1.165, 1.54) is 21.5 Å². The third-order valence-electron chi connectivity index (χ3n) is 2.33. The molecule has 0 fully saturated rings. The zero-order valence-corrected chi connectivity index (χ0v) is 8.75. The van der Waals surface area contributed by atoms with Gasteiger partial charge in [0.2, 0.25) is 0 Å². The van der Waals surface area contributed by atoms with E-state index in [0.717, 1.165) is 0 Å². The molecule has 16 heavy (non-hydrogen) atoms. The average molecular weight is 217 g/mol. The molecule has 0 atom stereocenters. The first-order valence-corrected chi connectivity index (χ1v) is 4.75. The zero-order valence-electron chi connectivity index (χ0n) is 8.75. The number of anilines is 1. The smallest absolute Gasteiger partial charge is 0.270 e. The molecular weight excluding hydrogens is 206 g/mol.